The molecular weight excluding hydrogens is 236 g/mol. The summed E-state index contributed by atoms with van der Waals surface area (Å²) in [6.07, 6.45) is 9.20. The Morgan fingerprint density at radius 1 is 0.947 bits per heavy atom. The number of rotatable bonds is 11. The van der Waals surface area contributed by atoms with Crippen molar-refractivity contribution in [3.8, 4) is 0 Å². The van der Waals surface area contributed by atoms with Crippen LogP contribution in [0.15, 0.2) is 0 Å². The van der Waals surface area contributed by atoms with Gasteiger partial charge in [-0.1, -0.05) is 53.4 Å². The second kappa shape index (κ2) is 11.3. The Kier molecular flexibility index (Phi) is 11.0. The van der Waals surface area contributed by atoms with Crippen LogP contribution in [0.5, 0.6) is 0 Å². The van der Waals surface area contributed by atoms with Crippen LogP contribution in [-0.4, -0.2) is 12.1 Å². The van der Waals surface area contributed by atoms with E-state index in [4.69, 9.17) is 4.74 Å². The third-order valence-corrected chi connectivity index (χ3v) is 4.16. The molecule has 0 aromatic carbocycles. The summed E-state index contributed by atoms with van der Waals surface area (Å²) >= 11 is 0. The van der Waals surface area contributed by atoms with Crippen LogP contribution in [0.1, 0.15) is 86.0 Å². The summed E-state index contributed by atoms with van der Waals surface area (Å²) in [5, 5.41) is 0. The third-order valence-electron chi connectivity index (χ3n) is 4.16. The number of esters is 1. The molecule has 0 aromatic rings. The van der Waals surface area contributed by atoms with Gasteiger partial charge in [-0.15, -0.1) is 0 Å². The molecule has 0 aliphatic rings. The normalized spacial score (nSPS) is 14.4. The monoisotopic (exact) mass is 270 g/mol. The fourth-order valence-corrected chi connectivity index (χ4v) is 2.49. The lowest BCUT2D eigenvalue weighted by atomic mass is 9.93. The number of ether oxygens (including phenoxy) is 1. The summed E-state index contributed by atoms with van der Waals surface area (Å²) in [7, 11) is 0. The van der Waals surface area contributed by atoms with Crippen molar-refractivity contribution in [3.05, 3.63) is 0 Å². The lowest BCUT2D eigenvalue weighted by molar-refractivity contribution is -0.153. The third kappa shape index (κ3) is 8.28. The zero-order valence-electron chi connectivity index (χ0n) is 13.7. The molecule has 2 heteroatoms. The molecule has 2 nitrogen and oxygen atoms in total. The Morgan fingerprint density at radius 2 is 1.58 bits per heavy atom. The maximum Gasteiger partial charge on any atom is 0.309 e. The smallest absolute Gasteiger partial charge is 0.309 e. The minimum atomic E-state index is -0.000827. The van der Waals surface area contributed by atoms with Crippen molar-refractivity contribution in [2.24, 2.45) is 11.8 Å². The first-order chi connectivity index (χ1) is 9.08. The predicted molar refractivity (Wildman–Crippen MR) is 82.2 cm³/mol. The molecule has 0 N–H and O–H groups in total. The van der Waals surface area contributed by atoms with Gasteiger partial charge in [0.2, 0.25) is 0 Å². The quantitative estimate of drug-likeness (QED) is 0.473. The molecule has 114 valence electrons. The van der Waals surface area contributed by atoms with Crippen LogP contribution in [0.4, 0.5) is 0 Å². The molecule has 0 bridgehead atoms. The van der Waals surface area contributed by atoms with Crippen molar-refractivity contribution >= 4 is 5.97 Å². The van der Waals surface area contributed by atoms with E-state index in [1.165, 1.54) is 32.1 Å². The fraction of sp³-hybridized carbons (Fsp3) is 0.941. The molecule has 0 saturated heterocycles. The van der Waals surface area contributed by atoms with Gasteiger partial charge in [0.25, 0.3) is 0 Å². The standard InChI is InChI=1S/C17H34O2/c1-6-10-11-15(7-2)13-12-14(5)19-17(18)16(8-3)9-4/h14-16H,6-13H2,1-5H3/t14-,15-/m1/s1. The minimum absolute atomic E-state index is 0.000827. The molecule has 0 spiro atoms. The van der Waals surface area contributed by atoms with Crippen molar-refractivity contribution < 1.29 is 9.53 Å². The molecule has 0 radical (unpaired) electrons. The summed E-state index contributed by atoms with van der Waals surface area (Å²) in [5.41, 5.74) is 0. The molecule has 0 aromatic heterocycles. The molecule has 2 atom stereocenters. The first-order valence-corrected chi connectivity index (χ1v) is 8.29. The summed E-state index contributed by atoms with van der Waals surface area (Å²) in [5.74, 6) is 0.887. The summed E-state index contributed by atoms with van der Waals surface area (Å²) in [6, 6.07) is 0. The van der Waals surface area contributed by atoms with E-state index in [1.54, 1.807) is 0 Å². The highest BCUT2D eigenvalue weighted by atomic mass is 16.5. The van der Waals surface area contributed by atoms with E-state index >= 15 is 0 Å². The van der Waals surface area contributed by atoms with Gasteiger partial charge in [0.05, 0.1) is 12.0 Å². The Bertz CT molecular complexity index is 221. The second-order valence-corrected chi connectivity index (χ2v) is 5.75. The Labute approximate surface area is 120 Å². The van der Waals surface area contributed by atoms with E-state index < -0.39 is 0 Å². The minimum Gasteiger partial charge on any atom is -0.462 e. The zero-order chi connectivity index (χ0) is 14.7. The lowest BCUT2D eigenvalue weighted by Gasteiger charge is -2.20. The van der Waals surface area contributed by atoms with Crippen molar-refractivity contribution in [1.82, 2.24) is 0 Å². The van der Waals surface area contributed by atoms with Gasteiger partial charge in [-0.25, -0.2) is 0 Å². The highest BCUT2D eigenvalue weighted by Crippen LogP contribution is 2.21. The second-order valence-electron chi connectivity index (χ2n) is 5.75. The van der Waals surface area contributed by atoms with Gasteiger partial charge in [0, 0.05) is 0 Å². The van der Waals surface area contributed by atoms with Gasteiger partial charge >= 0.3 is 5.97 Å². The van der Waals surface area contributed by atoms with Gasteiger partial charge in [0.15, 0.2) is 0 Å². The molecule has 19 heavy (non-hydrogen) atoms. The predicted octanol–water partition coefficient (Wildman–Crippen LogP) is 5.35. The average Bonchev–Trinajstić information content (AvgIpc) is 2.40. The SMILES string of the molecule is CCCC[C@@H](CC)CC[C@@H](C)OC(=O)C(CC)CC. The molecule has 0 fully saturated rings. The van der Waals surface area contributed by atoms with Gasteiger partial charge in [-0.2, -0.15) is 0 Å². The van der Waals surface area contributed by atoms with E-state index in [1.807, 2.05) is 6.92 Å². The largest absolute Gasteiger partial charge is 0.462 e. The van der Waals surface area contributed by atoms with E-state index in [0.29, 0.717) is 0 Å². The average molecular weight is 270 g/mol. The molecule has 0 unspecified atom stereocenters. The number of carbonyl (C=O) groups is 1. The number of unbranched alkanes of at least 4 members (excludes halogenated alkanes) is 1. The van der Waals surface area contributed by atoms with E-state index in [9.17, 15) is 4.79 Å². The van der Waals surface area contributed by atoms with Crippen LogP contribution >= 0.6 is 0 Å². The first-order valence-electron chi connectivity index (χ1n) is 8.29. The molecule has 0 rings (SSSR count). The van der Waals surface area contributed by atoms with Crippen molar-refractivity contribution in [1.29, 1.82) is 0 Å². The summed E-state index contributed by atoms with van der Waals surface area (Å²) in [6.45, 7) is 10.6. The van der Waals surface area contributed by atoms with E-state index in [0.717, 1.165) is 25.2 Å². The first kappa shape index (κ1) is 18.5. The zero-order valence-corrected chi connectivity index (χ0v) is 13.7. The maximum atomic E-state index is 11.9. The van der Waals surface area contributed by atoms with Gasteiger partial charge < -0.3 is 4.74 Å². The lowest BCUT2D eigenvalue weighted by Crippen LogP contribution is -2.22. The van der Waals surface area contributed by atoms with E-state index in [2.05, 4.69) is 27.7 Å². The van der Waals surface area contributed by atoms with Gasteiger partial charge in [0.1, 0.15) is 0 Å². The molecule has 0 aliphatic heterocycles. The Balaban J connectivity index is 3.95. The number of hydrogen-bond donors (Lipinski definition) is 0. The van der Waals surface area contributed by atoms with Gasteiger partial charge in [-0.05, 0) is 38.5 Å². The van der Waals surface area contributed by atoms with Crippen LogP contribution in [-0.2, 0) is 9.53 Å². The molecular formula is C17H34O2. The van der Waals surface area contributed by atoms with E-state index in [-0.39, 0.29) is 18.0 Å². The Morgan fingerprint density at radius 3 is 2.05 bits per heavy atom. The Hall–Kier alpha value is -0.530. The molecule has 0 aliphatic carbocycles. The summed E-state index contributed by atoms with van der Waals surface area (Å²) < 4.78 is 5.55. The van der Waals surface area contributed by atoms with Crippen molar-refractivity contribution in [2.45, 2.75) is 92.1 Å². The molecule has 0 heterocycles. The van der Waals surface area contributed by atoms with Crippen LogP contribution in [0.3, 0.4) is 0 Å². The van der Waals surface area contributed by atoms with Crippen LogP contribution in [0.2, 0.25) is 0 Å². The van der Waals surface area contributed by atoms with Crippen LogP contribution in [0, 0.1) is 11.8 Å². The van der Waals surface area contributed by atoms with Crippen LogP contribution < -0.4 is 0 Å². The molecule has 0 saturated carbocycles. The van der Waals surface area contributed by atoms with Crippen molar-refractivity contribution in [2.75, 3.05) is 0 Å². The fourth-order valence-electron chi connectivity index (χ4n) is 2.49. The highest BCUT2D eigenvalue weighted by Gasteiger charge is 2.19. The molecule has 0 amide bonds. The number of hydrogen-bond acceptors (Lipinski definition) is 2. The highest BCUT2D eigenvalue weighted by molar-refractivity contribution is 5.72. The number of carbonyl (C=O) groups excluding carboxylic acids is 1. The topological polar surface area (TPSA) is 26.3 Å². The van der Waals surface area contributed by atoms with Crippen molar-refractivity contribution in [3.63, 3.8) is 0 Å². The maximum absolute atomic E-state index is 11.9. The van der Waals surface area contributed by atoms with Gasteiger partial charge in [-0.3, -0.25) is 4.79 Å². The summed E-state index contributed by atoms with van der Waals surface area (Å²) in [4.78, 5) is 11.9. The van der Waals surface area contributed by atoms with Crippen LogP contribution in [0.25, 0.3) is 0 Å².